The molecule has 4 aromatic rings. The van der Waals surface area contributed by atoms with Crippen molar-refractivity contribution in [3.8, 4) is 11.4 Å². The van der Waals surface area contributed by atoms with Crippen molar-refractivity contribution < 1.29 is 18.7 Å². The molecule has 43 heavy (non-hydrogen) atoms. The van der Waals surface area contributed by atoms with E-state index in [2.05, 4.69) is 20.9 Å². The Kier molecular flexibility index (Phi) is 9.48. The third kappa shape index (κ3) is 7.27. The van der Waals surface area contributed by atoms with E-state index in [1.165, 1.54) is 6.07 Å². The molecule has 11 nitrogen and oxygen atoms in total. The molecule has 0 spiro atoms. The van der Waals surface area contributed by atoms with Gasteiger partial charge in [-0.05, 0) is 63.0 Å². The summed E-state index contributed by atoms with van der Waals surface area (Å²) in [6.07, 6.45) is 1.97. The van der Waals surface area contributed by atoms with E-state index in [0.717, 1.165) is 35.5 Å². The molecule has 3 heterocycles. The van der Waals surface area contributed by atoms with E-state index in [4.69, 9.17) is 14.7 Å². The number of nitrogens with one attached hydrogen (secondary N) is 3. The maximum absolute atomic E-state index is 15.4. The summed E-state index contributed by atoms with van der Waals surface area (Å²) in [5.74, 6) is 0.353. The van der Waals surface area contributed by atoms with Crippen LogP contribution in [-0.2, 0) is 17.8 Å². The van der Waals surface area contributed by atoms with Gasteiger partial charge in [-0.25, -0.2) is 19.2 Å². The summed E-state index contributed by atoms with van der Waals surface area (Å²) >= 11 is 0. The van der Waals surface area contributed by atoms with E-state index in [0.29, 0.717) is 44.1 Å². The Balaban J connectivity index is 1.23. The van der Waals surface area contributed by atoms with E-state index in [9.17, 15) is 9.59 Å². The number of aromatic nitrogens is 3. The van der Waals surface area contributed by atoms with Gasteiger partial charge in [0.25, 0.3) is 5.91 Å². The Morgan fingerprint density at radius 1 is 1.02 bits per heavy atom. The van der Waals surface area contributed by atoms with Crippen LogP contribution in [0.3, 0.4) is 0 Å². The molecule has 12 heteroatoms. The van der Waals surface area contributed by atoms with Crippen LogP contribution < -0.4 is 20.9 Å². The van der Waals surface area contributed by atoms with Crippen LogP contribution in [0, 0.1) is 5.82 Å². The molecule has 1 saturated heterocycles. The van der Waals surface area contributed by atoms with E-state index < -0.39 is 11.8 Å². The van der Waals surface area contributed by atoms with Gasteiger partial charge in [0, 0.05) is 56.7 Å². The molecule has 1 aliphatic heterocycles. The summed E-state index contributed by atoms with van der Waals surface area (Å²) in [5, 5.41) is 9.22. The highest BCUT2D eigenvalue weighted by Gasteiger charge is 2.21. The zero-order valence-electron chi connectivity index (χ0n) is 24.7. The smallest absolute Gasteiger partial charge is 0.319 e. The van der Waals surface area contributed by atoms with E-state index in [-0.39, 0.29) is 23.8 Å². The fourth-order valence-corrected chi connectivity index (χ4v) is 4.84. The number of nitrogens with zero attached hydrogens (tertiary/aromatic N) is 5. The van der Waals surface area contributed by atoms with E-state index >= 15 is 4.39 Å². The van der Waals surface area contributed by atoms with Crippen molar-refractivity contribution in [3.05, 3.63) is 71.7 Å². The number of halogens is 1. The minimum atomic E-state index is -0.542. The Hall–Kier alpha value is -4.55. The fraction of sp³-hybridized carbons (Fsp3) is 0.355. The highest BCUT2D eigenvalue weighted by Crippen LogP contribution is 2.31. The predicted octanol–water partition coefficient (Wildman–Crippen LogP) is 3.71. The number of morpholine rings is 1. The topological polar surface area (TPSA) is 117 Å². The second-order valence-corrected chi connectivity index (χ2v) is 10.6. The van der Waals surface area contributed by atoms with Gasteiger partial charge in [0.1, 0.15) is 17.3 Å². The standard InChI is InChI=1S/C31H37FN8O3/c1-4-39-13-11-25-28(39)36-27(37-29(25)40-15-17-43-18-16-40)24-10-9-23(19-26(24)32)35-31(42)34-20-21-5-7-22(8-6-21)30(41)33-12-14-38(2)3/h5-11,13,19H,4,12,14-18,20H2,1-3H3,(H,33,41)(H2,34,35,42). The van der Waals surface area contributed by atoms with Gasteiger partial charge in [-0.3, -0.25) is 4.79 Å². The number of amides is 3. The first kappa shape index (κ1) is 29.9. The highest BCUT2D eigenvalue weighted by atomic mass is 19.1. The maximum Gasteiger partial charge on any atom is 0.319 e. The first-order valence-corrected chi connectivity index (χ1v) is 14.4. The second kappa shape index (κ2) is 13.6. The minimum absolute atomic E-state index is 0.147. The number of urea groups is 1. The summed E-state index contributed by atoms with van der Waals surface area (Å²) in [7, 11) is 3.89. The van der Waals surface area contributed by atoms with Gasteiger partial charge >= 0.3 is 6.03 Å². The number of fused-ring (bicyclic) bond motifs is 1. The largest absolute Gasteiger partial charge is 0.378 e. The Labute approximate surface area is 250 Å². The molecule has 3 N–H and O–H groups in total. The summed E-state index contributed by atoms with van der Waals surface area (Å²) in [4.78, 5) is 38.4. The van der Waals surface area contributed by atoms with Gasteiger partial charge in [0.2, 0.25) is 0 Å². The molecule has 1 fully saturated rings. The lowest BCUT2D eigenvalue weighted by molar-refractivity contribution is 0.0951. The molecule has 1 aliphatic rings. The van der Waals surface area contributed by atoms with Crippen LogP contribution in [0.4, 0.5) is 20.7 Å². The van der Waals surface area contributed by atoms with Crippen LogP contribution in [0.25, 0.3) is 22.4 Å². The van der Waals surface area contributed by atoms with Crippen LogP contribution in [0.5, 0.6) is 0 Å². The number of rotatable bonds is 10. The molecule has 2 aromatic heterocycles. The normalized spacial score (nSPS) is 13.4. The van der Waals surface area contributed by atoms with Gasteiger partial charge in [0.15, 0.2) is 5.82 Å². The van der Waals surface area contributed by atoms with E-state index in [1.54, 1.807) is 36.4 Å². The molecule has 2 aromatic carbocycles. The number of ether oxygens (including phenoxy) is 1. The summed E-state index contributed by atoms with van der Waals surface area (Å²) in [5.41, 5.74) is 2.66. The number of carbonyl (C=O) groups is 2. The van der Waals surface area contributed by atoms with Crippen molar-refractivity contribution in [2.24, 2.45) is 0 Å². The van der Waals surface area contributed by atoms with Gasteiger partial charge in [0.05, 0.1) is 24.2 Å². The average Bonchev–Trinajstić information content (AvgIpc) is 3.43. The van der Waals surface area contributed by atoms with Crippen molar-refractivity contribution in [1.82, 2.24) is 30.1 Å². The molecule has 0 atom stereocenters. The maximum atomic E-state index is 15.4. The number of carbonyl (C=O) groups excluding carboxylic acids is 2. The van der Waals surface area contributed by atoms with Gasteiger partial charge in [-0.1, -0.05) is 12.1 Å². The molecule has 0 bridgehead atoms. The monoisotopic (exact) mass is 588 g/mol. The Bertz CT molecular complexity index is 1580. The lowest BCUT2D eigenvalue weighted by Crippen LogP contribution is -2.37. The molecule has 0 aliphatic carbocycles. The first-order chi connectivity index (χ1) is 20.8. The third-order valence-corrected chi connectivity index (χ3v) is 7.23. The molecule has 226 valence electrons. The molecule has 5 rings (SSSR count). The summed E-state index contributed by atoms with van der Waals surface area (Å²) in [6, 6.07) is 13.0. The van der Waals surface area contributed by atoms with Crippen LogP contribution in [-0.4, -0.2) is 84.9 Å². The number of hydrogen-bond donors (Lipinski definition) is 3. The van der Waals surface area contributed by atoms with E-state index in [1.807, 2.05) is 42.7 Å². The summed E-state index contributed by atoms with van der Waals surface area (Å²) < 4.78 is 22.9. The number of aryl methyl sites for hydroxylation is 1. The number of hydrogen-bond acceptors (Lipinski definition) is 7. The van der Waals surface area contributed by atoms with Crippen LogP contribution >= 0.6 is 0 Å². The van der Waals surface area contributed by atoms with Crippen molar-refractivity contribution in [3.63, 3.8) is 0 Å². The highest BCUT2D eigenvalue weighted by molar-refractivity contribution is 5.94. The molecule has 0 unspecified atom stereocenters. The van der Waals surface area contributed by atoms with Crippen LogP contribution in [0.15, 0.2) is 54.7 Å². The Morgan fingerprint density at radius 2 is 1.79 bits per heavy atom. The summed E-state index contributed by atoms with van der Waals surface area (Å²) in [6.45, 7) is 6.90. The zero-order valence-corrected chi connectivity index (χ0v) is 24.7. The van der Waals surface area contributed by atoms with Gasteiger partial charge < -0.3 is 35.1 Å². The van der Waals surface area contributed by atoms with Crippen molar-refractivity contribution in [2.75, 3.05) is 63.7 Å². The number of likely N-dealkylation sites (N-methyl/N-ethyl adjacent to an activating group) is 1. The van der Waals surface area contributed by atoms with Gasteiger partial charge in [-0.15, -0.1) is 0 Å². The first-order valence-electron chi connectivity index (χ1n) is 14.4. The number of anilines is 2. The molecule has 0 saturated carbocycles. The zero-order chi connectivity index (χ0) is 30.3. The second-order valence-electron chi connectivity index (χ2n) is 10.6. The van der Waals surface area contributed by atoms with Crippen molar-refractivity contribution in [2.45, 2.75) is 20.0 Å². The molecule has 0 radical (unpaired) electrons. The predicted molar refractivity (Wildman–Crippen MR) is 165 cm³/mol. The van der Waals surface area contributed by atoms with Crippen LogP contribution in [0.1, 0.15) is 22.8 Å². The Morgan fingerprint density at radius 3 is 2.49 bits per heavy atom. The van der Waals surface area contributed by atoms with Gasteiger partial charge in [-0.2, -0.15) is 0 Å². The average molecular weight is 589 g/mol. The quantitative estimate of drug-likeness (QED) is 0.259. The molecular formula is C31H37FN8O3. The third-order valence-electron chi connectivity index (χ3n) is 7.23. The van der Waals surface area contributed by atoms with Crippen molar-refractivity contribution >= 4 is 34.5 Å². The molecule has 3 amide bonds. The number of benzene rings is 2. The fourth-order valence-electron chi connectivity index (χ4n) is 4.84. The SMILES string of the molecule is CCn1ccc2c(N3CCOCC3)nc(-c3ccc(NC(=O)NCc4ccc(C(=O)NCCN(C)C)cc4)cc3F)nc21. The minimum Gasteiger partial charge on any atom is -0.378 e. The van der Waals surface area contributed by atoms with Crippen molar-refractivity contribution in [1.29, 1.82) is 0 Å². The molecular weight excluding hydrogens is 551 g/mol. The lowest BCUT2D eigenvalue weighted by atomic mass is 10.1. The van der Waals surface area contributed by atoms with Crippen LogP contribution in [0.2, 0.25) is 0 Å². The lowest BCUT2D eigenvalue weighted by Gasteiger charge is -2.28.